The molecule has 0 unspecified atom stereocenters. The van der Waals surface area contributed by atoms with Crippen LogP contribution in [0.4, 0.5) is 0 Å². The molecule has 0 fully saturated rings. The predicted octanol–water partition coefficient (Wildman–Crippen LogP) is 1.86. The van der Waals surface area contributed by atoms with Crippen molar-refractivity contribution in [1.82, 2.24) is 4.98 Å². The van der Waals surface area contributed by atoms with E-state index in [1.807, 2.05) is 18.2 Å². The van der Waals surface area contributed by atoms with E-state index in [-0.39, 0.29) is 0 Å². The molecule has 0 bridgehead atoms. The van der Waals surface area contributed by atoms with Gasteiger partial charge in [0.15, 0.2) is 11.7 Å². The highest BCUT2D eigenvalue weighted by Crippen LogP contribution is 2.38. The van der Waals surface area contributed by atoms with Crippen LogP contribution in [0.15, 0.2) is 28.8 Å². The second-order valence-corrected chi connectivity index (χ2v) is 3.69. The van der Waals surface area contributed by atoms with Gasteiger partial charge in [-0.15, -0.1) is 0 Å². The Bertz CT molecular complexity index is 500. The average molecular weight is 248 g/mol. The van der Waals surface area contributed by atoms with E-state index >= 15 is 0 Å². The predicted molar refractivity (Wildman–Crippen MR) is 67.8 cm³/mol. The molecule has 0 amide bonds. The lowest BCUT2D eigenvalue weighted by Gasteiger charge is -2.10. The van der Waals surface area contributed by atoms with Gasteiger partial charge in [0.25, 0.3) is 0 Å². The Kier molecular flexibility index (Phi) is 3.84. The quantitative estimate of drug-likeness (QED) is 0.874. The molecule has 0 aliphatic rings. The van der Waals surface area contributed by atoms with E-state index in [1.54, 1.807) is 20.4 Å². The van der Waals surface area contributed by atoms with Crippen molar-refractivity contribution >= 4 is 0 Å². The van der Waals surface area contributed by atoms with E-state index < -0.39 is 0 Å². The van der Waals surface area contributed by atoms with Crippen LogP contribution in [-0.4, -0.2) is 25.7 Å². The van der Waals surface area contributed by atoms with Crippen molar-refractivity contribution in [3.63, 3.8) is 0 Å². The molecule has 2 rings (SSSR count). The van der Waals surface area contributed by atoms with E-state index in [9.17, 15) is 0 Å². The maximum atomic E-state index is 5.64. The van der Waals surface area contributed by atoms with Gasteiger partial charge in [-0.3, -0.25) is 0 Å². The summed E-state index contributed by atoms with van der Waals surface area (Å²) in [4.78, 5) is 4.18. The fraction of sp³-hybridized carbons (Fsp3) is 0.308. The number of benzene rings is 1. The molecule has 2 aromatic rings. The lowest BCUT2D eigenvalue weighted by atomic mass is 10.1. The minimum atomic E-state index is 0.503. The van der Waals surface area contributed by atoms with E-state index in [0.29, 0.717) is 36.1 Å². The Morgan fingerprint density at radius 2 is 1.89 bits per heavy atom. The first-order valence-electron chi connectivity index (χ1n) is 5.66. The molecule has 1 heterocycles. The molecular weight excluding hydrogens is 232 g/mol. The van der Waals surface area contributed by atoms with Crippen molar-refractivity contribution in [2.24, 2.45) is 5.73 Å². The minimum absolute atomic E-state index is 0.503. The van der Waals surface area contributed by atoms with Gasteiger partial charge in [0, 0.05) is 13.0 Å². The zero-order chi connectivity index (χ0) is 13.0. The van der Waals surface area contributed by atoms with E-state index in [1.165, 1.54) is 0 Å². The van der Waals surface area contributed by atoms with Crippen LogP contribution in [-0.2, 0) is 6.42 Å². The van der Waals surface area contributed by atoms with Gasteiger partial charge >= 0.3 is 0 Å². The Balaban J connectivity index is 2.47. The van der Waals surface area contributed by atoms with Gasteiger partial charge in [0.1, 0.15) is 17.1 Å². The molecule has 5 heteroatoms. The van der Waals surface area contributed by atoms with Crippen molar-refractivity contribution in [1.29, 1.82) is 0 Å². The molecule has 1 aromatic heterocycles. The summed E-state index contributed by atoms with van der Waals surface area (Å²) in [6.07, 6.45) is 2.27. The van der Waals surface area contributed by atoms with Crippen LogP contribution in [0.2, 0.25) is 0 Å². The number of hydrogen-bond donors (Lipinski definition) is 1. The van der Waals surface area contributed by atoms with E-state index in [0.717, 1.165) is 5.56 Å². The Morgan fingerprint density at radius 1 is 1.22 bits per heavy atom. The van der Waals surface area contributed by atoms with E-state index in [4.69, 9.17) is 19.6 Å². The third-order valence-electron chi connectivity index (χ3n) is 2.59. The third-order valence-corrected chi connectivity index (χ3v) is 2.59. The normalized spacial score (nSPS) is 10.4. The molecule has 0 aliphatic carbocycles. The highest BCUT2D eigenvalue weighted by Gasteiger charge is 2.16. The molecule has 96 valence electrons. The number of nitrogens with zero attached hydrogens (tertiary/aromatic N) is 1. The number of aromatic nitrogens is 1. The average Bonchev–Trinajstić information content (AvgIpc) is 2.86. The lowest BCUT2D eigenvalue weighted by Crippen LogP contribution is -2.02. The molecule has 0 radical (unpaired) electrons. The SMILES string of the molecule is COc1cccc(OC)c1-c1cnc(CCN)o1. The van der Waals surface area contributed by atoms with Gasteiger partial charge in [-0.2, -0.15) is 0 Å². The second kappa shape index (κ2) is 5.55. The Morgan fingerprint density at radius 3 is 2.44 bits per heavy atom. The van der Waals surface area contributed by atoms with Crippen LogP contribution in [0.5, 0.6) is 11.5 Å². The van der Waals surface area contributed by atoms with Crippen molar-refractivity contribution in [3.8, 4) is 22.8 Å². The number of methoxy groups -OCH3 is 2. The van der Waals surface area contributed by atoms with Gasteiger partial charge in [-0.1, -0.05) is 6.07 Å². The maximum Gasteiger partial charge on any atom is 0.196 e. The summed E-state index contributed by atoms with van der Waals surface area (Å²) in [5, 5.41) is 0. The fourth-order valence-corrected chi connectivity index (χ4v) is 1.76. The number of ether oxygens (including phenoxy) is 2. The molecule has 18 heavy (non-hydrogen) atoms. The lowest BCUT2D eigenvalue weighted by molar-refractivity contribution is 0.393. The molecule has 1 aromatic carbocycles. The summed E-state index contributed by atoms with van der Waals surface area (Å²) in [6.45, 7) is 0.503. The Hall–Kier alpha value is -2.01. The topological polar surface area (TPSA) is 70.5 Å². The summed E-state index contributed by atoms with van der Waals surface area (Å²) in [7, 11) is 3.21. The van der Waals surface area contributed by atoms with Crippen molar-refractivity contribution in [2.75, 3.05) is 20.8 Å². The van der Waals surface area contributed by atoms with Gasteiger partial charge in [0.2, 0.25) is 0 Å². The molecule has 5 nitrogen and oxygen atoms in total. The third kappa shape index (κ3) is 2.31. The molecule has 0 atom stereocenters. The van der Waals surface area contributed by atoms with Gasteiger partial charge < -0.3 is 19.6 Å². The number of rotatable bonds is 5. The van der Waals surface area contributed by atoms with Gasteiger partial charge in [-0.25, -0.2) is 4.98 Å². The molecule has 0 saturated carbocycles. The molecule has 0 saturated heterocycles. The molecule has 2 N–H and O–H groups in total. The van der Waals surface area contributed by atoms with Crippen LogP contribution in [0.1, 0.15) is 5.89 Å². The van der Waals surface area contributed by atoms with Crippen LogP contribution in [0.25, 0.3) is 11.3 Å². The zero-order valence-corrected chi connectivity index (χ0v) is 10.5. The zero-order valence-electron chi connectivity index (χ0n) is 10.5. The van der Waals surface area contributed by atoms with Gasteiger partial charge in [0.05, 0.1) is 20.4 Å². The van der Waals surface area contributed by atoms with Crippen LogP contribution >= 0.6 is 0 Å². The smallest absolute Gasteiger partial charge is 0.196 e. The summed E-state index contributed by atoms with van der Waals surface area (Å²) >= 11 is 0. The van der Waals surface area contributed by atoms with Crippen LogP contribution in [0.3, 0.4) is 0 Å². The largest absolute Gasteiger partial charge is 0.496 e. The number of oxazole rings is 1. The monoisotopic (exact) mass is 248 g/mol. The number of hydrogen-bond acceptors (Lipinski definition) is 5. The summed E-state index contributed by atoms with van der Waals surface area (Å²) in [6, 6.07) is 5.56. The van der Waals surface area contributed by atoms with E-state index in [2.05, 4.69) is 4.98 Å². The molecule has 0 aliphatic heterocycles. The minimum Gasteiger partial charge on any atom is -0.496 e. The van der Waals surface area contributed by atoms with Crippen molar-refractivity contribution in [2.45, 2.75) is 6.42 Å². The first-order valence-corrected chi connectivity index (χ1v) is 5.66. The van der Waals surface area contributed by atoms with Crippen LogP contribution in [0, 0.1) is 0 Å². The molecule has 0 spiro atoms. The molecular formula is C13H16N2O3. The summed E-state index contributed by atoms with van der Waals surface area (Å²) in [5.74, 6) is 2.60. The standard InChI is InChI=1S/C13H16N2O3/c1-16-9-4-3-5-10(17-2)13(9)11-8-15-12(18-11)6-7-14/h3-5,8H,6-7,14H2,1-2H3. The highest BCUT2D eigenvalue weighted by atomic mass is 16.5. The summed E-state index contributed by atoms with van der Waals surface area (Å²) in [5.41, 5.74) is 6.23. The first-order chi connectivity index (χ1) is 8.80. The van der Waals surface area contributed by atoms with Gasteiger partial charge in [-0.05, 0) is 12.1 Å². The fourth-order valence-electron chi connectivity index (χ4n) is 1.76. The second-order valence-electron chi connectivity index (χ2n) is 3.69. The highest BCUT2D eigenvalue weighted by molar-refractivity contribution is 5.72. The number of nitrogens with two attached hydrogens (primary N) is 1. The first kappa shape index (κ1) is 12.4. The summed E-state index contributed by atoms with van der Waals surface area (Å²) < 4.78 is 16.3. The van der Waals surface area contributed by atoms with Crippen LogP contribution < -0.4 is 15.2 Å². The van der Waals surface area contributed by atoms with Crippen molar-refractivity contribution in [3.05, 3.63) is 30.3 Å². The maximum absolute atomic E-state index is 5.64. The Labute approximate surface area is 106 Å². The van der Waals surface area contributed by atoms with Crippen molar-refractivity contribution < 1.29 is 13.9 Å².